The number of ether oxygens (including phenoxy) is 1. The minimum atomic E-state index is -0.405. The molecule has 5 rings (SSSR count). The summed E-state index contributed by atoms with van der Waals surface area (Å²) in [5, 5.41) is 16.0. The maximum Gasteiger partial charge on any atom is 0.415 e. The first-order valence-electron chi connectivity index (χ1n) is 14.6. The van der Waals surface area contributed by atoms with Gasteiger partial charge in [-0.25, -0.2) is 14.5 Å². The first-order chi connectivity index (χ1) is 20.4. The molecule has 0 radical (unpaired) electrons. The third-order valence-corrected chi connectivity index (χ3v) is 8.79. The summed E-state index contributed by atoms with van der Waals surface area (Å²) in [7, 11) is 4.04. The van der Waals surface area contributed by atoms with E-state index < -0.39 is 6.09 Å². The maximum atomic E-state index is 12.8. The van der Waals surface area contributed by atoms with E-state index in [-0.39, 0.29) is 5.91 Å². The molecule has 2 saturated heterocycles. The SMILES string of the molecule is CN(C)CCn1nnnc1SC1CCN(C(=O)Oc2ccc(NC(=O)c3ccc(CN4CCCCC4)cc3)nc2)CC1. The Morgan fingerprint density at radius 3 is 2.48 bits per heavy atom. The summed E-state index contributed by atoms with van der Waals surface area (Å²) in [5.74, 6) is 0.490. The number of carbonyl (C=O) groups excluding carboxylic acids is 2. The van der Waals surface area contributed by atoms with Gasteiger partial charge in [0.2, 0.25) is 5.16 Å². The molecule has 0 saturated carbocycles. The van der Waals surface area contributed by atoms with E-state index in [1.165, 1.54) is 31.0 Å². The van der Waals surface area contributed by atoms with Gasteiger partial charge in [-0.3, -0.25) is 9.69 Å². The number of aromatic nitrogens is 5. The number of piperidine rings is 2. The summed E-state index contributed by atoms with van der Waals surface area (Å²) in [4.78, 5) is 36.0. The minimum absolute atomic E-state index is 0.232. The van der Waals surface area contributed by atoms with Crippen LogP contribution in [0.5, 0.6) is 5.75 Å². The van der Waals surface area contributed by atoms with Crippen LogP contribution in [0.3, 0.4) is 0 Å². The molecule has 12 nitrogen and oxygen atoms in total. The molecule has 2 fully saturated rings. The zero-order valence-electron chi connectivity index (χ0n) is 24.3. The second-order valence-electron chi connectivity index (χ2n) is 11.0. The molecule has 2 aromatic heterocycles. The van der Waals surface area contributed by atoms with Crippen molar-refractivity contribution >= 4 is 29.6 Å². The number of carbonyl (C=O) groups is 2. The molecule has 0 bridgehead atoms. The number of anilines is 1. The highest BCUT2D eigenvalue weighted by atomic mass is 32.2. The Hall–Kier alpha value is -3.55. The van der Waals surface area contributed by atoms with Gasteiger partial charge in [-0.15, -0.1) is 5.10 Å². The van der Waals surface area contributed by atoms with Crippen LogP contribution in [0.15, 0.2) is 47.8 Å². The van der Waals surface area contributed by atoms with Crippen LogP contribution in [0.2, 0.25) is 0 Å². The third-order valence-electron chi connectivity index (χ3n) is 7.48. The Kier molecular flexibility index (Phi) is 10.4. The van der Waals surface area contributed by atoms with E-state index in [0.717, 1.165) is 50.7 Å². The van der Waals surface area contributed by atoms with Crippen molar-refractivity contribution in [3.05, 3.63) is 53.7 Å². The molecule has 0 unspecified atom stereocenters. The number of pyridine rings is 1. The summed E-state index contributed by atoms with van der Waals surface area (Å²) in [5.41, 5.74) is 1.78. The van der Waals surface area contributed by atoms with Crippen molar-refractivity contribution in [3.63, 3.8) is 0 Å². The van der Waals surface area contributed by atoms with E-state index in [1.54, 1.807) is 28.8 Å². The number of rotatable bonds is 10. The van der Waals surface area contributed by atoms with Crippen LogP contribution in [0, 0.1) is 0 Å². The Labute approximate surface area is 250 Å². The van der Waals surface area contributed by atoms with E-state index in [0.29, 0.717) is 35.5 Å². The lowest BCUT2D eigenvalue weighted by atomic mass is 10.1. The molecule has 0 spiro atoms. The van der Waals surface area contributed by atoms with Gasteiger partial charge in [0.15, 0.2) is 5.75 Å². The number of hydrogen-bond acceptors (Lipinski definition) is 10. The van der Waals surface area contributed by atoms with Crippen molar-refractivity contribution in [1.29, 1.82) is 0 Å². The van der Waals surface area contributed by atoms with Crippen LogP contribution in [0.1, 0.15) is 48.0 Å². The Bertz CT molecular complexity index is 1300. The molecular formula is C29H39N9O3S. The lowest BCUT2D eigenvalue weighted by Crippen LogP contribution is -2.41. The highest BCUT2D eigenvalue weighted by Gasteiger charge is 2.26. The summed E-state index contributed by atoms with van der Waals surface area (Å²) in [6, 6.07) is 11.0. The minimum Gasteiger partial charge on any atom is -0.409 e. The van der Waals surface area contributed by atoms with Gasteiger partial charge in [-0.2, -0.15) is 0 Å². The molecule has 2 aliphatic rings. The molecule has 42 heavy (non-hydrogen) atoms. The number of likely N-dealkylation sites (N-methyl/N-ethyl adjacent to an activating group) is 1. The molecular weight excluding hydrogens is 554 g/mol. The average molecular weight is 594 g/mol. The molecule has 2 amide bonds. The Balaban J connectivity index is 1.05. The number of amides is 2. The molecule has 1 N–H and O–H groups in total. The van der Waals surface area contributed by atoms with Crippen molar-refractivity contribution in [3.8, 4) is 5.75 Å². The van der Waals surface area contributed by atoms with Gasteiger partial charge in [0, 0.05) is 37.0 Å². The monoisotopic (exact) mass is 593 g/mol. The molecule has 13 heteroatoms. The van der Waals surface area contributed by atoms with E-state index in [1.807, 2.05) is 43.0 Å². The fraction of sp³-hybridized carbons (Fsp3) is 0.517. The van der Waals surface area contributed by atoms with Gasteiger partial charge >= 0.3 is 6.09 Å². The lowest BCUT2D eigenvalue weighted by Gasteiger charge is -2.30. The standard InChI is InChI=1S/C29H39N9O3S/c1-35(2)18-19-38-28(32-33-34-38)42-25-12-16-37(17-13-25)29(40)41-24-10-11-26(30-20-24)31-27(39)23-8-6-22(7-9-23)21-36-14-4-3-5-15-36/h6-11,20,25H,3-5,12-19,21H2,1-2H3,(H,30,31,39). The highest BCUT2D eigenvalue weighted by Crippen LogP contribution is 2.29. The molecule has 2 aliphatic heterocycles. The van der Waals surface area contributed by atoms with E-state index in [9.17, 15) is 9.59 Å². The normalized spacial score (nSPS) is 16.5. The average Bonchev–Trinajstić information content (AvgIpc) is 3.45. The lowest BCUT2D eigenvalue weighted by molar-refractivity contribution is 0.102. The maximum absolute atomic E-state index is 12.8. The first-order valence-corrected chi connectivity index (χ1v) is 15.4. The van der Waals surface area contributed by atoms with E-state index in [4.69, 9.17) is 4.74 Å². The van der Waals surface area contributed by atoms with Crippen LogP contribution in [0.25, 0.3) is 0 Å². The van der Waals surface area contributed by atoms with Gasteiger partial charge in [0.1, 0.15) is 5.82 Å². The molecule has 4 heterocycles. The van der Waals surface area contributed by atoms with Crippen molar-refractivity contribution < 1.29 is 14.3 Å². The summed E-state index contributed by atoms with van der Waals surface area (Å²) in [6.07, 6.45) is 6.51. The Morgan fingerprint density at radius 1 is 1.02 bits per heavy atom. The predicted octanol–water partition coefficient (Wildman–Crippen LogP) is 3.62. The first kappa shape index (κ1) is 29.9. The zero-order valence-corrected chi connectivity index (χ0v) is 25.1. The predicted molar refractivity (Wildman–Crippen MR) is 161 cm³/mol. The molecule has 3 aromatic rings. The highest BCUT2D eigenvalue weighted by molar-refractivity contribution is 7.99. The molecule has 0 atom stereocenters. The molecule has 0 aliphatic carbocycles. The largest absolute Gasteiger partial charge is 0.415 e. The van der Waals surface area contributed by atoms with Crippen molar-refractivity contribution in [2.75, 3.05) is 52.1 Å². The van der Waals surface area contributed by atoms with Gasteiger partial charge in [-0.1, -0.05) is 30.3 Å². The number of likely N-dealkylation sites (tertiary alicyclic amines) is 2. The van der Waals surface area contributed by atoms with Crippen molar-refractivity contribution in [1.82, 2.24) is 39.9 Å². The van der Waals surface area contributed by atoms with E-state index >= 15 is 0 Å². The van der Waals surface area contributed by atoms with Crippen molar-refractivity contribution in [2.45, 2.75) is 55.6 Å². The van der Waals surface area contributed by atoms with Crippen LogP contribution in [-0.2, 0) is 13.1 Å². The molecule has 1 aromatic carbocycles. The zero-order chi connectivity index (χ0) is 29.3. The second-order valence-corrected chi connectivity index (χ2v) is 12.3. The quantitative estimate of drug-likeness (QED) is 0.373. The van der Waals surface area contributed by atoms with Crippen LogP contribution < -0.4 is 10.1 Å². The summed E-state index contributed by atoms with van der Waals surface area (Å²) in [6.45, 7) is 5.96. The fourth-order valence-electron chi connectivity index (χ4n) is 5.03. The second kappa shape index (κ2) is 14.6. The third kappa shape index (κ3) is 8.49. The number of tetrazole rings is 1. The number of hydrogen-bond donors (Lipinski definition) is 1. The number of benzene rings is 1. The van der Waals surface area contributed by atoms with Gasteiger partial charge < -0.3 is 19.9 Å². The van der Waals surface area contributed by atoms with Crippen LogP contribution in [0.4, 0.5) is 10.6 Å². The summed E-state index contributed by atoms with van der Waals surface area (Å²) < 4.78 is 7.38. The van der Waals surface area contributed by atoms with Gasteiger partial charge in [-0.05, 0) is 93.1 Å². The Morgan fingerprint density at radius 2 is 1.79 bits per heavy atom. The smallest absolute Gasteiger partial charge is 0.409 e. The number of nitrogens with zero attached hydrogens (tertiary/aromatic N) is 8. The number of thioether (sulfide) groups is 1. The van der Waals surface area contributed by atoms with Crippen molar-refractivity contribution in [2.24, 2.45) is 0 Å². The van der Waals surface area contributed by atoms with Crippen LogP contribution in [-0.4, -0.2) is 104 Å². The van der Waals surface area contributed by atoms with Gasteiger partial charge in [0.05, 0.1) is 12.7 Å². The summed E-state index contributed by atoms with van der Waals surface area (Å²) >= 11 is 1.66. The number of nitrogens with one attached hydrogen (secondary N) is 1. The molecule has 224 valence electrons. The van der Waals surface area contributed by atoms with Gasteiger partial charge in [0.25, 0.3) is 5.91 Å². The van der Waals surface area contributed by atoms with E-state index in [2.05, 4.69) is 35.6 Å². The topological polar surface area (TPSA) is 122 Å². The van der Waals surface area contributed by atoms with Crippen LogP contribution >= 0.6 is 11.8 Å². The fourth-order valence-corrected chi connectivity index (χ4v) is 6.10.